The minimum atomic E-state index is -6.15. The van der Waals surface area contributed by atoms with Crippen LogP contribution in [-0.4, -0.2) is 71.8 Å². The summed E-state index contributed by atoms with van der Waals surface area (Å²) in [6.45, 7) is -0.0246. The summed E-state index contributed by atoms with van der Waals surface area (Å²) in [4.78, 5) is 42.7. The third-order valence-corrected chi connectivity index (χ3v) is 5.70. The quantitative estimate of drug-likeness (QED) is 0.147. The van der Waals surface area contributed by atoms with E-state index in [1.807, 2.05) is 5.32 Å². The predicted molar refractivity (Wildman–Crippen MR) is 121 cm³/mol. The van der Waals surface area contributed by atoms with E-state index >= 15 is 0 Å². The maximum atomic E-state index is 13.8. The van der Waals surface area contributed by atoms with Crippen molar-refractivity contribution in [1.82, 2.24) is 10.2 Å². The van der Waals surface area contributed by atoms with Gasteiger partial charge in [-0.2, -0.15) is 22.0 Å². The van der Waals surface area contributed by atoms with Crippen molar-refractivity contribution in [3.63, 3.8) is 0 Å². The fourth-order valence-corrected chi connectivity index (χ4v) is 3.87. The van der Waals surface area contributed by atoms with Crippen LogP contribution < -0.4 is 22.5 Å². The predicted octanol–water partition coefficient (Wildman–Crippen LogP) is 0.853. The molecule has 0 aliphatic carbocycles. The van der Waals surface area contributed by atoms with Crippen LogP contribution in [0.4, 0.5) is 22.0 Å². The summed E-state index contributed by atoms with van der Waals surface area (Å²) < 4.78 is 66.0. The van der Waals surface area contributed by atoms with Gasteiger partial charge in [0.15, 0.2) is 5.96 Å². The van der Waals surface area contributed by atoms with Crippen LogP contribution in [-0.2, 0) is 20.8 Å². The lowest BCUT2D eigenvalue weighted by atomic mass is 10.00. The first-order valence-electron chi connectivity index (χ1n) is 11.2. The molecule has 1 fully saturated rings. The Morgan fingerprint density at radius 1 is 1.11 bits per heavy atom. The van der Waals surface area contributed by atoms with Crippen molar-refractivity contribution in [2.75, 3.05) is 13.1 Å². The molecule has 14 heteroatoms. The molecule has 0 bridgehead atoms. The van der Waals surface area contributed by atoms with Gasteiger partial charge in [-0.05, 0) is 37.7 Å². The molecule has 0 aromatic heterocycles. The van der Waals surface area contributed by atoms with Crippen LogP contribution in [0.3, 0.4) is 0 Å². The van der Waals surface area contributed by atoms with Gasteiger partial charge in [0, 0.05) is 13.1 Å². The average Bonchev–Trinajstić information content (AvgIpc) is 3.29. The first-order valence-corrected chi connectivity index (χ1v) is 11.2. The molecule has 0 spiro atoms. The van der Waals surface area contributed by atoms with E-state index in [2.05, 4.69) is 4.99 Å². The molecule has 1 aromatic rings. The third kappa shape index (κ3) is 7.35. The molecule has 7 N–H and O–H groups in total. The van der Waals surface area contributed by atoms with Gasteiger partial charge in [-0.1, -0.05) is 30.3 Å². The number of benzene rings is 1. The van der Waals surface area contributed by atoms with Gasteiger partial charge < -0.3 is 27.4 Å². The van der Waals surface area contributed by atoms with Crippen LogP contribution in [0.2, 0.25) is 0 Å². The first-order chi connectivity index (χ1) is 16.8. The number of rotatable bonds is 11. The second-order valence-corrected chi connectivity index (χ2v) is 8.43. The zero-order chi connectivity index (χ0) is 27.1. The number of guanidine groups is 1. The number of amides is 2. The Bertz CT molecular complexity index is 953. The van der Waals surface area contributed by atoms with E-state index in [1.165, 1.54) is 0 Å². The van der Waals surface area contributed by atoms with Gasteiger partial charge in [0.25, 0.3) is 0 Å². The monoisotopic (exact) mass is 520 g/mol. The largest absolute Gasteiger partial charge is 0.461 e. The molecule has 0 saturated carbocycles. The number of nitrogens with two attached hydrogens (primary N) is 3. The van der Waals surface area contributed by atoms with E-state index in [4.69, 9.17) is 17.2 Å². The lowest BCUT2D eigenvalue weighted by Gasteiger charge is -2.29. The van der Waals surface area contributed by atoms with E-state index in [0.717, 1.165) is 10.5 Å². The summed E-state index contributed by atoms with van der Waals surface area (Å²) in [7, 11) is 0. The van der Waals surface area contributed by atoms with Crippen LogP contribution >= 0.6 is 0 Å². The van der Waals surface area contributed by atoms with Crippen LogP contribution in [0.15, 0.2) is 35.3 Å². The maximum Gasteiger partial charge on any atom is 0.461 e. The van der Waals surface area contributed by atoms with E-state index in [9.17, 15) is 36.3 Å². The second-order valence-electron chi connectivity index (χ2n) is 8.43. The molecule has 1 heterocycles. The topological polar surface area (TPSA) is 157 Å². The van der Waals surface area contributed by atoms with Crippen LogP contribution in [0, 0.1) is 0 Å². The highest BCUT2D eigenvalue weighted by Crippen LogP contribution is 2.37. The number of carbonyl (C=O) groups is 3. The summed E-state index contributed by atoms with van der Waals surface area (Å²) in [6, 6.07) is 4.48. The number of ketones is 1. The van der Waals surface area contributed by atoms with Gasteiger partial charge in [0.2, 0.25) is 17.6 Å². The van der Waals surface area contributed by atoms with Crippen molar-refractivity contribution in [3.8, 4) is 0 Å². The Kier molecular flexibility index (Phi) is 9.73. The molecule has 2 amide bonds. The number of hydrogen-bond donors (Lipinski definition) is 4. The van der Waals surface area contributed by atoms with Crippen LogP contribution in [0.25, 0.3) is 0 Å². The SMILES string of the molecule is NC(N)=NCCCC(NC(=O)[C@@H]1CCCN1C(=O)[C@H](N)Cc1ccccc1)C(=O)C(F)(F)C(F)(F)F. The van der Waals surface area contributed by atoms with Crippen molar-refractivity contribution in [3.05, 3.63) is 35.9 Å². The van der Waals surface area contributed by atoms with Gasteiger partial charge in [-0.15, -0.1) is 0 Å². The number of Topliss-reactive ketones (excluding diaryl/α,β-unsaturated/α-hetero) is 1. The Hall–Kier alpha value is -3.29. The van der Waals surface area contributed by atoms with Crippen molar-refractivity contribution in [1.29, 1.82) is 0 Å². The van der Waals surface area contributed by atoms with E-state index in [0.29, 0.717) is 6.42 Å². The number of nitrogens with one attached hydrogen (secondary N) is 1. The number of likely N-dealkylation sites (tertiary alicyclic amines) is 1. The zero-order valence-corrected chi connectivity index (χ0v) is 19.3. The molecule has 0 radical (unpaired) electrons. The second kappa shape index (κ2) is 12.1. The molecule has 1 saturated heterocycles. The van der Waals surface area contributed by atoms with Gasteiger partial charge in [0.05, 0.1) is 12.1 Å². The molecule has 9 nitrogen and oxygen atoms in total. The summed E-state index contributed by atoms with van der Waals surface area (Å²) in [5.74, 6) is -10.1. The number of nitrogens with zero attached hydrogens (tertiary/aromatic N) is 2. The molecular formula is C22H29F5N6O3. The van der Waals surface area contributed by atoms with Gasteiger partial charge in [-0.3, -0.25) is 19.4 Å². The van der Waals surface area contributed by atoms with Gasteiger partial charge in [-0.25, -0.2) is 0 Å². The molecule has 1 unspecified atom stereocenters. The summed E-state index contributed by atoms with van der Waals surface area (Å²) in [5.41, 5.74) is 17.1. The lowest BCUT2D eigenvalue weighted by Crippen LogP contribution is -2.58. The number of halogens is 5. The summed E-state index contributed by atoms with van der Waals surface area (Å²) >= 11 is 0. The molecule has 1 aliphatic rings. The van der Waals surface area contributed by atoms with Crippen molar-refractivity contribution < 1.29 is 36.3 Å². The van der Waals surface area contributed by atoms with E-state index in [-0.39, 0.29) is 38.3 Å². The number of carbonyl (C=O) groups excluding carboxylic acids is 3. The highest BCUT2D eigenvalue weighted by molar-refractivity contribution is 5.96. The molecule has 2 rings (SSSR count). The first kappa shape index (κ1) is 28.9. The highest BCUT2D eigenvalue weighted by atomic mass is 19.4. The third-order valence-electron chi connectivity index (χ3n) is 5.70. The smallest absolute Gasteiger partial charge is 0.370 e. The average molecular weight is 521 g/mol. The summed E-state index contributed by atoms with van der Waals surface area (Å²) in [5, 5.41) is 1.98. The molecule has 36 heavy (non-hydrogen) atoms. The van der Waals surface area contributed by atoms with Crippen LogP contribution in [0.1, 0.15) is 31.2 Å². The molecule has 1 aliphatic heterocycles. The number of aliphatic imine (C=N–C) groups is 1. The van der Waals surface area contributed by atoms with E-state index < -0.39 is 54.2 Å². The Morgan fingerprint density at radius 3 is 2.33 bits per heavy atom. The van der Waals surface area contributed by atoms with Gasteiger partial charge >= 0.3 is 12.1 Å². The molecule has 1 aromatic carbocycles. The minimum Gasteiger partial charge on any atom is -0.370 e. The molecular weight excluding hydrogens is 491 g/mol. The summed E-state index contributed by atoms with van der Waals surface area (Å²) in [6.07, 6.45) is -6.22. The molecule has 200 valence electrons. The van der Waals surface area contributed by atoms with Gasteiger partial charge in [0.1, 0.15) is 6.04 Å². The fourth-order valence-electron chi connectivity index (χ4n) is 3.87. The highest BCUT2D eigenvalue weighted by Gasteiger charge is 2.64. The Morgan fingerprint density at radius 2 is 1.75 bits per heavy atom. The standard InChI is InChI=1S/C22H29F5N6O3/c23-21(24,22(25,26)27)17(34)15(8-4-10-31-20(29)30)32-18(35)16-9-5-11-33(16)19(36)14(28)12-13-6-2-1-3-7-13/h1-3,6-7,14-16H,4-5,8-12,28H2,(H,32,35)(H4,29,30,31)/t14-,15?,16+/m1/s1. The molecule has 3 atom stereocenters. The maximum absolute atomic E-state index is 13.8. The van der Waals surface area contributed by atoms with Crippen LogP contribution in [0.5, 0.6) is 0 Å². The van der Waals surface area contributed by atoms with Crippen molar-refractivity contribution in [2.45, 2.75) is 62.3 Å². The Balaban J connectivity index is 2.15. The van der Waals surface area contributed by atoms with Crippen molar-refractivity contribution in [2.24, 2.45) is 22.2 Å². The Labute approximate surface area is 204 Å². The number of hydrogen-bond acceptors (Lipinski definition) is 5. The number of alkyl halides is 5. The van der Waals surface area contributed by atoms with Crippen molar-refractivity contribution >= 4 is 23.6 Å². The van der Waals surface area contributed by atoms with E-state index in [1.54, 1.807) is 30.3 Å². The fraction of sp³-hybridized carbons (Fsp3) is 0.545. The normalized spacial score (nSPS) is 17.8. The lowest BCUT2D eigenvalue weighted by molar-refractivity contribution is -0.269. The minimum absolute atomic E-state index is 0.125. The zero-order valence-electron chi connectivity index (χ0n) is 19.3.